The number of benzene rings is 3. The Morgan fingerprint density at radius 3 is 2.45 bits per heavy atom. The minimum absolute atomic E-state index is 0.331. The zero-order chi connectivity index (χ0) is 27.0. The van der Waals surface area contributed by atoms with E-state index in [1.165, 1.54) is 5.56 Å². The van der Waals surface area contributed by atoms with Gasteiger partial charge in [-0.25, -0.2) is 14.3 Å². The first kappa shape index (κ1) is 25.3. The van der Waals surface area contributed by atoms with Crippen molar-refractivity contribution in [2.75, 3.05) is 19.0 Å². The Hall–Kier alpha value is -4.33. The lowest BCUT2D eigenvalue weighted by Crippen LogP contribution is -2.06. The number of methoxy groups -OCH3 is 1. The monoisotopic (exact) mass is 510 g/mol. The minimum Gasteiger partial charge on any atom is -0.494 e. The summed E-state index contributed by atoms with van der Waals surface area (Å²) in [6.45, 7) is 13.1. The molecule has 0 unspecified atom stereocenters. The van der Waals surface area contributed by atoms with E-state index in [0.29, 0.717) is 24.1 Å². The maximum atomic E-state index is 5.94. The maximum Gasteiger partial charge on any atom is 0.147 e. The molecule has 0 fully saturated rings. The Balaban J connectivity index is 1.55. The predicted octanol–water partition coefficient (Wildman–Crippen LogP) is 6.81. The summed E-state index contributed by atoms with van der Waals surface area (Å²) < 4.78 is 15.4. The van der Waals surface area contributed by atoms with Crippen molar-refractivity contribution in [3.05, 3.63) is 77.5 Å². The Labute approximate surface area is 223 Å². The van der Waals surface area contributed by atoms with Gasteiger partial charge in [0.2, 0.25) is 0 Å². The van der Waals surface area contributed by atoms with Gasteiger partial charge in [-0.05, 0) is 75.1 Å². The molecular formula is C30H34N6O2. The highest BCUT2D eigenvalue weighted by molar-refractivity contribution is 5.94. The number of rotatable bonds is 8. The van der Waals surface area contributed by atoms with E-state index in [-0.39, 0.29) is 0 Å². The zero-order valence-electron chi connectivity index (χ0n) is 23.0. The molecule has 0 atom stereocenters. The van der Waals surface area contributed by atoms with Crippen molar-refractivity contribution < 1.29 is 9.47 Å². The topological polar surface area (TPSA) is 79.0 Å². The van der Waals surface area contributed by atoms with Crippen LogP contribution < -0.4 is 14.8 Å². The Kier molecular flexibility index (Phi) is 6.80. The van der Waals surface area contributed by atoms with E-state index in [4.69, 9.17) is 14.6 Å². The van der Waals surface area contributed by atoms with E-state index in [1.807, 2.05) is 42.8 Å². The van der Waals surface area contributed by atoms with Crippen LogP contribution in [0.3, 0.4) is 0 Å². The molecule has 0 aliphatic rings. The van der Waals surface area contributed by atoms with Crippen LogP contribution in [0.1, 0.15) is 49.3 Å². The zero-order valence-corrected chi connectivity index (χ0v) is 23.0. The predicted molar refractivity (Wildman–Crippen MR) is 152 cm³/mol. The quantitative estimate of drug-likeness (QED) is 0.247. The lowest BCUT2D eigenvalue weighted by molar-refractivity contribution is 0.335. The van der Waals surface area contributed by atoms with Gasteiger partial charge in [0, 0.05) is 22.8 Å². The summed E-state index contributed by atoms with van der Waals surface area (Å²) in [4.78, 5) is 4.23. The highest BCUT2D eigenvalue weighted by Crippen LogP contribution is 2.35. The summed E-state index contributed by atoms with van der Waals surface area (Å²) in [5, 5.41) is 14.1. The van der Waals surface area contributed by atoms with Gasteiger partial charge in [0.05, 0.1) is 25.1 Å². The lowest BCUT2D eigenvalue weighted by atomic mass is 9.99. The van der Waals surface area contributed by atoms with Crippen LogP contribution in [0.5, 0.6) is 11.5 Å². The normalized spacial score (nSPS) is 11.4. The lowest BCUT2D eigenvalue weighted by Gasteiger charge is -2.18. The van der Waals surface area contributed by atoms with Crippen molar-refractivity contribution in [2.45, 2.75) is 47.5 Å². The van der Waals surface area contributed by atoms with Crippen LogP contribution in [-0.2, 0) is 0 Å². The van der Waals surface area contributed by atoms with Crippen LogP contribution >= 0.6 is 0 Å². The summed E-state index contributed by atoms with van der Waals surface area (Å²) in [5.41, 5.74) is 7.98. The van der Waals surface area contributed by atoms with Gasteiger partial charge in [0.1, 0.15) is 34.9 Å². The van der Waals surface area contributed by atoms with E-state index in [0.717, 1.165) is 50.7 Å². The average molecular weight is 511 g/mol. The van der Waals surface area contributed by atoms with Gasteiger partial charge in [0.25, 0.3) is 0 Å². The third kappa shape index (κ3) is 4.58. The number of aryl methyl sites for hydroxylation is 3. The molecule has 196 valence electrons. The van der Waals surface area contributed by atoms with E-state index in [1.54, 1.807) is 18.1 Å². The second kappa shape index (κ2) is 10.2. The third-order valence-corrected chi connectivity index (χ3v) is 6.73. The number of anilines is 2. The van der Waals surface area contributed by atoms with Crippen molar-refractivity contribution in [1.82, 2.24) is 24.5 Å². The van der Waals surface area contributed by atoms with E-state index in [9.17, 15) is 0 Å². The molecule has 38 heavy (non-hydrogen) atoms. The van der Waals surface area contributed by atoms with Crippen LogP contribution in [0.2, 0.25) is 0 Å². The number of hydrogen-bond donors (Lipinski definition) is 1. The minimum atomic E-state index is 0.331. The number of fused-ring (bicyclic) bond motifs is 1. The summed E-state index contributed by atoms with van der Waals surface area (Å²) in [6, 6.07) is 16.5. The van der Waals surface area contributed by atoms with Crippen molar-refractivity contribution in [3.8, 4) is 22.9 Å². The number of ether oxygens (including phenoxy) is 2. The summed E-state index contributed by atoms with van der Waals surface area (Å²) >= 11 is 0. The first-order valence-electron chi connectivity index (χ1n) is 12.9. The van der Waals surface area contributed by atoms with Gasteiger partial charge >= 0.3 is 0 Å². The number of aromatic nitrogens is 5. The van der Waals surface area contributed by atoms with Gasteiger partial charge < -0.3 is 14.8 Å². The van der Waals surface area contributed by atoms with Crippen LogP contribution in [0.15, 0.2) is 54.9 Å². The molecule has 0 saturated heterocycles. The van der Waals surface area contributed by atoms with E-state index in [2.05, 4.69) is 67.4 Å². The summed E-state index contributed by atoms with van der Waals surface area (Å²) in [6.07, 6.45) is 1.68. The third-order valence-electron chi connectivity index (χ3n) is 6.73. The van der Waals surface area contributed by atoms with Crippen molar-refractivity contribution in [2.24, 2.45) is 0 Å². The number of nitrogens with one attached hydrogen (secondary N) is 1. The molecule has 8 heteroatoms. The molecule has 0 spiro atoms. The standard InChI is InChI=1S/C30H34N6O2/c1-8-38-28-14-19(4)27(16-24(28)18(2)3)36-20(5)23-10-9-11-25(30(23)34-36)32-22-12-13-26(29(15-22)37-7)35-17-31-21(6)33-35/h9-18,32H,8H2,1-7H3. The van der Waals surface area contributed by atoms with Crippen LogP contribution in [0, 0.1) is 20.8 Å². The molecule has 0 amide bonds. The van der Waals surface area contributed by atoms with Gasteiger partial charge in [-0.3, -0.25) is 0 Å². The Morgan fingerprint density at radius 1 is 0.947 bits per heavy atom. The molecule has 1 N–H and O–H groups in total. The van der Waals surface area contributed by atoms with Crippen molar-refractivity contribution in [1.29, 1.82) is 0 Å². The molecule has 3 aromatic carbocycles. The molecule has 0 aliphatic carbocycles. The van der Waals surface area contributed by atoms with Crippen LogP contribution in [-0.4, -0.2) is 38.3 Å². The van der Waals surface area contributed by atoms with E-state index < -0.39 is 0 Å². The molecule has 0 aliphatic heterocycles. The molecule has 0 bridgehead atoms. The second-order valence-corrected chi connectivity index (χ2v) is 9.71. The van der Waals surface area contributed by atoms with Gasteiger partial charge in [-0.2, -0.15) is 10.2 Å². The number of hydrogen-bond acceptors (Lipinski definition) is 6. The van der Waals surface area contributed by atoms with Crippen LogP contribution in [0.25, 0.3) is 22.3 Å². The van der Waals surface area contributed by atoms with Gasteiger partial charge in [-0.15, -0.1) is 0 Å². The van der Waals surface area contributed by atoms with Gasteiger partial charge in [-0.1, -0.05) is 26.0 Å². The molecule has 2 heterocycles. The van der Waals surface area contributed by atoms with Crippen molar-refractivity contribution in [3.63, 3.8) is 0 Å². The Morgan fingerprint density at radius 2 is 1.76 bits per heavy atom. The average Bonchev–Trinajstić information content (AvgIpc) is 3.48. The Bertz CT molecular complexity index is 1620. The molecule has 8 nitrogen and oxygen atoms in total. The fourth-order valence-corrected chi connectivity index (χ4v) is 4.78. The largest absolute Gasteiger partial charge is 0.494 e. The summed E-state index contributed by atoms with van der Waals surface area (Å²) in [5.74, 6) is 2.67. The first-order valence-corrected chi connectivity index (χ1v) is 12.9. The first-order chi connectivity index (χ1) is 18.3. The second-order valence-electron chi connectivity index (χ2n) is 9.71. The SMILES string of the molecule is CCOc1cc(C)c(-n2nc3c(Nc4ccc(-n5cnc(C)n5)c(OC)c4)cccc3c2C)cc1C(C)C. The van der Waals surface area contributed by atoms with Crippen molar-refractivity contribution >= 4 is 22.3 Å². The maximum absolute atomic E-state index is 5.94. The highest BCUT2D eigenvalue weighted by atomic mass is 16.5. The smallest absolute Gasteiger partial charge is 0.147 e. The van der Waals surface area contributed by atoms with Gasteiger partial charge in [0.15, 0.2) is 0 Å². The molecule has 5 aromatic rings. The fraction of sp³-hybridized carbons (Fsp3) is 0.300. The molecular weight excluding hydrogens is 476 g/mol. The highest BCUT2D eigenvalue weighted by Gasteiger charge is 2.18. The number of nitrogens with zero attached hydrogens (tertiary/aromatic N) is 5. The molecule has 2 aromatic heterocycles. The molecule has 5 rings (SSSR count). The van der Waals surface area contributed by atoms with Crippen LogP contribution in [0.4, 0.5) is 11.4 Å². The fourth-order valence-electron chi connectivity index (χ4n) is 4.78. The summed E-state index contributed by atoms with van der Waals surface area (Å²) in [7, 11) is 1.66. The molecule has 0 saturated carbocycles. The van der Waals surface area contributed by atoms with E-state index >= 15 is 0 Å². The molecule has 0 radical (unpaired) electrons.